The Morgan fingerprint density at radius 2 is 2.31 bits per heavy atom. The predicted molar refractivity (Wildman–Crippen MR) is 61.7 cm³/mol. The van der Waals surface area contributed by atoms with Crippen LogP contribution in [-0.2, 0) is 6.54 Å². The van der Waals surface area contributed by atoms with Gasteiger partial charge in [0.2, 0.25) is 0 Å². The zero-order chi connectivity index (χ0) is 9.42. The second-order valence-corrected chi connectivity index (χ2v) is 4.21. The smallest absolute Gasteiger partial charge is 0.121 e. The van der Waals surface area contributed by atoms with E-state index in [2.05, 4.69) is 32.6 Å². The van der Waals surface area contributed by atoms with Gasteiger partial charge in [-0.3, -0.25) is 0 Å². The summed E-state index contributed by atoms with van der Waals surface area (Å²) in [4.78, 5) is 7.40. The van der Waals surface area contributed by atoms with Gasteiger partial charge in [-0.25, -0.2) is 4.98 Å². The lowest BCUT2D eigenvalue weighted by molar-refractivity contribution is 0.958. The number of nitrogens with one attached hydrogen (secondary N) is 1. The zero-order valence-electron chi connectivity index (χ0n) is 6.64. The summed E-state index contributed by atoms with van der Waals surface area (Å²) in [5.41, 5.74) is 7.24. The number of fused-ring (bicyclic) bond motifs is 1. The van der Waals surface area contributed by atoms with Gasteiger partial charge in [0.05, 0.1) is 17.1 Å². The molecular formula is C8H7ClIN3. The zero-order valence-corrected chi connectivity index (χ0v) is 9.56. The summed E-state index contributed by atoms with van der Waals surface area (Å²) in [5.74, 6) is 0.765. The van der Waals surface area contributed by atoms with Gasteiger partial charge in [0.25, 0.3) is 0 Å². The number of imidazole rings is 1. The molecule has 3 N–H and O–H groups in total. The van der Waals surface area contributed by atoms with Crippen LogP contribution in [0.4, 0.5) is 0 Å². The highest BCUT2D eigenvalue weighted by atomic mass is 127. The van der Waals surface area contributed by atoms with Crippen molar-refractivity contribution in [3.05, 3.63) is 26.5 Å². The SMILES string of the molecule is NCc1nc2c(Cl)ccc(I)c2[nH]1. The molecule has 0 fully saturated rings. The summed E-state index contributed by atoms with van der Waals surface area (Å²) in [6.07, 6.45) is 0. The lowest BCUT2D eigenvalue weighted by atomic mass is 10.3. The quantitative estimate of drug-likeness (QED) is 0.794. The van der Waals surface area contributed by atoms with Crippen molar-refractivity contribution in [1.29, 1.82) is 0 Å². The molecule has 0 unspecified atom stereocenters. The van der Waals surface area contributed by atoms with Crippen LogP contribution in [0.25, 0.3) is 11.0 Å². The fourth-order valence-electron chi connectivity index (χ4n) is 1.17. The molecule has 5 heteroatoms. The Bertz CT molecular complexity index is 413. The van der Waals surface area contributed by atoms with Crippen molar-refractivity contribution in [3.63, 3.8) is 0 Å². The van der Waals surface area contributed by atoms with E-state index in [1.807, 2.05) is 12.1 Å². The number of hydrogen-bond donors (Lipinski definition) is 2. The first-order valence-electron chi connectivity index (χ1n) is 3.75. The van der Waals surface area contributed by atoms with E-state index in [9.17, 15) is 0 Å². The number of aromatic amines is 1. The van der Waals surface area contributed by atoms with Gasteiger partial charge >= 0.3 is 0 Å². The lowest BCUT2D eigenvalue weighted by Gasteiger charge is -1.93. The van der Waals surface area contributed by atoms with E-state index < -0.39 is 0 Å². The molecule has 0 radical (unpaired) electrons. The highest BCUT2D eigenvalue weighted by Crippen LogP contribution is 2.25. The van der Waals surface area contributed by atoms with Crippen LogP contribution >= 0.6 is 34.2 Å². The van der Waals surface area contributed by atoms with Crippen molar-refractivity contribution in [2.24, 2.45) is 5.73 Å². The third kappa shape index (κ3) is 1.53. The van der Waals surface area contributed by atoms with E-state index in [1.54, 1.807) is 0 Å². The number of nitrogens with two attached hydrogens (primary N) is 1. The minimum absolute atomic E-state index is 0.404. The Labute approximate surface area is 93.8 Å². The highest BCUT2D eigenvalue weighted by Gasteiger charge is 2.07. The second kappa shape index (κ2) is 3.43. The third-order valence-corrected chi connectivity index (χ3v) is 2.99. The Kier molecular flexibility index (Phi) is 2.44. The Hall–Kier alpha value is -0.330. The summed E-state index contributed by atoms with van der Waals surface area (Å²) >= 11 is 8.21. The standard InChI is InChI=1S/C8H7ClIN3/c9-4-1-2-5(10)8-7(4)12-6(3-11)13-8/h1-2H,3,11H2,(H,12,13). The summed E-state index contributed by atoms with van der Waals surface area (Å²) in [5, 5.41) is 0.659. The van der Waals surface area contributed by atoms with Crippen molar-refractivity contribution in [1.82, 2.24) is 9.97 Å². The minimum Gasteiger partial charge on any atom is -0.340 e. The van der Waals surface area contributed by atoms with Crippen LogP contribution in [0.3, 0.4) is 0 Å². The van der Waals surface area contributed by atoms with Crippen LogP contribution in [0.15, 0.2) is 12.1 Å². The van der Waals surface area contributed by atoms with E-state index in [1.165, 1.54) is 0 Å². The van der Waals surface area contributed by atoms with Crippen molar-refractivity contribution >= 4 is 45.2 Å². The molecule has 0 atom stereocenters. The van der Waals surface area contributed by atoms with E-state index in [0.717, 1.165) is 20.4 Å². The molecule has 1 aromatic heterocycles. The maximum atomic E-state index is 5.97. The van der Waals surface area contributed by atoms with Crippen LogP contribution in [-0.4, -0.2) is 9.97 Å². The van der Waals surface area contributed by atoms with E-state index in [0.29, 0.717) is 11.6 Å². The monoisotopic (exact) mass is 307 g/mol. The molecule has 0 saturated carbocycles. The van der Waals surface area contributed by atoms with Gasteiger partial charge in [-0.2, -0.15) is 0 Å². The van der Waals surface area contributed by atoms with Crippen LogP contribution in [0, 0.1) is 3.57 Å². The summed E-state index contributed by atoms with van der Waals surface area (Å²) in [7, 11) is 0. The van der Waals surface area contributed by atoms with Crippen LogP contribution in [0.2, 0.25) is 5.02 Å². The first kappa shape index (κ1) is 9.23. The van der Waals surface area contributed by atoms with Crippen LogP contribution in [0.1, 0.15) is 5.82 Å². The Balaban J connectivity index is 2.80. The van der Waals surface area contributed by atoms with Crippen molar-refractivity contribution in [2.75, 3.05) is 0 Å². The number of halogens is 2. The molecule has 2 aromatic rings. The number of H-pyrrole nitrogens is 1. The van der Waals surface area contributed by atoms with Gasteiger partial charge in [0, 0.05) is 3.57 Å². The van der Waals surface area contributed by atoms with Gasteiger partial charge in [-0.05, 0) is 34.7 Å². The van der Waals surface area contributed by atoms with Gasteiger partial charge in [-0.1, -0.05) is 11.6 Å². The largest absolute Gasteiger partial charge is 0.340 e. The van der Waals surface area contributed by atoms with E-state index in [4.69, 9.17) is 17.3 Å². The molecule has 1 aromatic carbocycles. The topological polar surface area (TPSA) is 54.7 Å². The highest BCUT2D eigenvalue weighted by molar-refractivity contribution is 14.1. The number of hydrogen-bond acceptors (Lipinski definition) is 2. The summed E-state index contributed by atoms with van der Waals surface area (Å²) in [6.45, 7) is 0.404. The van der Waals surface area contributed by atoms with Crippen molar-refractivity contribution < 1.29 is 0 Å². The molecule has 0 saturated heterocycles. The maximum absolute atomic E-state index is 5.97. The molecule has 2 rings (SSSR count). The van der Waals surface area contributed by atoms with Crippen molar-refractivity contribution in [2.45, 2.75) is 6.54 Å². The maximum Gasteiger partial charge on any atom is 0.121 e. The average Bonchev–Trinajstić information content (AvgIpc) is 2.56. The average molecular weight is 308 g/mol. The molecule has 3 nitrogen and oxygen atoms in total. The van der Waals surface area contributed by atoms with E-state index in [-0.39, 0.29) is 0 Å². The van der Waals surface area contributed by atoms with Crippen LogP contribution in [0.5, 0.6) is 0 Å². The number of nitrogens with zero attached hydrogens (tertiary/aromatic N) is 1. The first-order valence-corrected chi connectivity index (χ1v) is 5.20. The molecule has 0 spiro atoms. The third-order valence-electron chi connectivity index (χ3n) is 1.79. The van der Waals surface area contributed by atoms with Crippen LogP contribution < -0.4 is 5.73 Å². The number of rotatable bonds is 1. The summed E-state index contributed by atoms with van der Waals surface area (Å²) in [6, 6.07) is 3.79. The minimum atomic E-state index is 0.404. The molecule has 68 valence electrons. The molecule has 0 aliphatic rings. The molecular weight excluding hydrogens is 300 g/mol. The number of benzene rings is 1. The van der Waals surface area contributed by atoms with E-state index >= 15 is 0 Å². The predicted octanol–water partition coefficient (Wildman–Crippen LogP) is 2.28. The van der Waals surface area contributed by atoms with Gasteiger partial charge in [0.1, 0.15) is 11.3 Å². The molecule has 1 heterocycles. The Morgan fingerprint density at radius 3 is 2.92 bits per heavy atom. The fourth-order valence-corrected chi connectivity index (χ4v) is 1.94. The lowest BCUT2D eigenvalue weighted by Crippen LogP contribution is -1.97. The molecule has 0 aliphatic carbocycles. The fraction of sp³-hybridized carbons (Fsp3) is 0.125. The number of aromatic nitrogens is 2. The second-order valence-electron chi connectivity index (χ2n) is 2.64. The van der Waals surface area contributed by atoms with Gasteiger partial charge in [-0.15, -0.1) is 0 Å². The molecule has 13 heavy (non-hydrogen) atoms. The molecule has 0 bridgehead atoms. The first-order chi connectivity index (χ1) is 6.22. The van der Waals surface area contributed by atoms with Gasteiger partial charge < -0.3 is 10.7 Å². The Morgan fingerprint density at radius 1 is 1.54 bits per heavy atom. The van der Waals surface area contributed by atoms with Gasteiger partial charge in [0.15, 0.2) is 0 Å². The summed E-state index contributed by atoms with van der Waals surface area (Å²) < 4.78 is 1.10. The normalized spacial score (nSPS) is 11.0. The molecule has 0 amide bonds. The van der Waals surface area contributed by atoms with Crippen molar-refractivity contribution in [3.8, 4) is 0 Å². The molecule has 0 aliphatic heterocycles.